The molecule has 10 heteroatoms. The Bertz CT molecular complexity index is 1800. The highest BCUT2D eigenvalue weighted by atomic mass is 35.5. The molecule has 0 bridgehead atoms. The fraction of sp³-hybridized carbons (Fsp3) is 0.359. The van der Waals surface area contributed by atoms with E-state index in [-0.39, 0.29) is 48.4 Å². The Hall–Kier alpha value is -4.47. The summed E-state index contributed by atoms with van der Waals surface area (Å²) in [6.07, 6.45) is 3.38. The van der Waals surface area contributed by atoms with Crippen LogP contribution in [0.5, 0.6) is 11.5 Å². The summed E-state index contributed by atoms with van der Waals surface area (Å²) in [5.74, 6) is 0.484. The topological polar surface area (TPSA) is 98.2 Å². The first-order valence-corrected chi connectivity index (χ1v) is 17.0. The van der Waals surface area contributed by atoms with E-state index in [1.807, 2.05) is 42.5 Å². The van der Waals surface area contributed by atoms with E-state index in [1.165, 1.54) is 12.1 Å². The molecule has 1 saturated heterocycles. The molecule has 2 aliphatic rings. The highest BCUT2D eigenvalue weighted by Gasteiger charge is 2.31. The Morgan fingerprint density at radius 3 is 2.43 bits per heavy atom. The molecule has 4 aromatic rings. The van der Waals surface area contributed by atoms with Crippen LogP contribution in [0.15, 0.2) is 78.9 Å². The van der Waals surface area contributed by atoms with Crippen molar-refractivity contribution < 1.29 is 33.3 Å². The Balaban J connectivity index is 1.18. The van der Waals surface area contributed by atoms with Crippen LogP contribution in [0.25, 0.3) is 11.3 Å². The summed E-state index contributed by atoms with van der Waals surface area (Å²) in [5, 5.41) is 11.7. The monoisotopic (exact) mass is 686 g/mol. The number of carbonyl (C=O) groups is 2. The average Bonchev–Trinajstić information content (AvgIpc) is 3.95. The molecule has 1 N–H and O–H groups in total. The number of Topliss-reactive ketones (excluding diaryl/α,β-unsaturated/α-hetero) is 1. The van der Waals surface area contributed by atoms with E-state index in [1.54, 1.807) is 43.2 Å². The van der Waals surface area contributed by atoms with Gasteiger partial charge in [0.2, 0.25) is 0 Å². The van der Waals surface area contributed by atoms with Crippen LogP contribution >= 0.6 is 11.6 Å². The zero-order valence-electron chi connectivity index (χ0n) is 27.7. The van der Waals surface area contributed by atoms with Crippen molar-refractivity contribution in [3.63, 3.8) is 0 Å². The van der Waals surface area contributed by atoms with Crippen LogP contribution in [0.1, 0.15) is 78.5 Å². The van der Waals surface area contributed by atoms with Crippen molar-refractivity contribution >= 4 is 23.5 Å². The van der Waals surface area contributed by atoms with Gasteiger partial charge in [0.25, 0.3) is 0 Å². The minimum atomic E-state index is -1.47. The van der Waals surface area contributed by atoms with Gasteiger partial charge in [-0.1, -0.05) is 41.9 Å². The van der Waals surface area contributed by atoms with Crippen molar-refractivity contribution in [2.75, 3.05) is 20.2 Å². The van der Waals surface area contributed by atoms with Crippen molar-refractivity contribution in [3.8, 4) is 22.8 Å². The summed E-state index contributed by atoms with van der Waals surface area (Å²) >= 11 is 6.14. The van der Waals surface area contributed by atoms with Gasteiger partial charge in [0.1, 0.15) is 18.0 Å². The van der Waals surface area contributed by atoms with Crippen LogP contribution in [0.4, 0.5) is 9.18 Å². The highest BCUT2D eigenvalue weighted by Crippen LogP contribution is 2.37. The standard InChI is InChI=1S/C39H40ClFN2O6/c1-39(46,17-14-34(44)28-9-13-35(36(22-28)47-2)49-30-10-11-30)37-23-29(21-33(42-37)27-8-12-32(41)31(40)20-27)26-15-18-43(19-16-26)38(45)48-24-25-6-4-3-5-7-25/h3-9,12-13,20-23,26,30,46H,10-11,14-19,24H2,1-2H3. The molecule has 8 nitrogen and oxygen atoms in total. The molecule has 0 spiro atoms. The van der Waals surface area contributed by atoms with Crippen molar-refractivity contribution in [3.05, 3.63) is 112 Å². The molecule has 2 fully saturated rings. The number of hydrogen-bond donors (Lipinski definition) is 1. The molecule has 256 valence electrons. The number of rotatable bonds is 12. The average molecular weight is 687 g/mol. The van der Waals surface area contributed by atoms with E-state index in [0.717, 1.165) is 24.0 Å². The summed E-state index contributed by atoms with van der Waals surface area (Å²) in [5.41, 5.74) is 2.38. The summed E-state index contributed by atoms with van der Waals surface area (Å²) in [6, 6.07) is 22.9. The molecule has 0 radical (unpaired) electrons. The van der Waals surface area contributed by atoms with Gasteiger partial charge in [-0.3, -0.25) is 4.79 Å². The second-order valence-corrected chi connectivity index (χ2v) is 13.4. The van der Waals surface area contributed by atoms with Gasteiger partial charge in [0.15, 0.2) is 17.3 Å². The SMILES string of the molecule is COc1cc(C(=O)CCC(C)(O)c2cc(C3CCN(C(=O)OCc4ccccc4)CC3)cc(-c3ccc(F)c(Cl)c3)n2)ccc1OC1CC1. The highest BCUT2D eigenvalue weighted by molar-refractivity contribution is 6.31. The first kappa shape index (κ1) is 34.4. The van der Waals surface area contributed by atoms with E-state index in [2.05, 4.69) is 0 Å². The number of nitrogens with zero attached hydrogens (tertiary/aromatic N) is 2. The number of methoxy groups -OCH3 is 1. The maximum atomic E-state index is 14.1. The lowest BCUT2D eigenvalue weighted by molar-refractivity contribution is 0.0396. The van der Waals surface area contributed by atoms with Crippen molar-refractivity contribution in [1.82, 2.24) is 9.88 Å². The molecule has 1 aromatic heterocycles. The van der Waals surface area contributed by atoms with Gasteiger partial charge >= 0.3 is 6.09 Å². The molecule has 1 saturated carbocycles. The smallest absolute Gasteiger partial charge is 0.410 e. The van der Waals surface area contributed by atoms with Crippen LogP contribution in [0.2, 0.25) is 5.02 Å². The van der Waals surface area contributed by atoms with E-state index >= 15 is 0 Å². The summed E-state index contributed by atoms with van der Waals surface area (Å²) in [6.45, 7) is 2.87. The zero-order valence-corrected chi connectivity index (χ0v) is 28.4. The number of ether oxygens (including phenoxy) is 3. The molecular formula is C39H40ClFN2O6. The van der Waals surface area contributed by atoms with E-state index < -0.39 is 11.4 Å². The Morgan fingerprint density at radius 2 is 1.73 bits per heavy atom. The summed E-state index contributed by atoms with van der Waals surface area (Å²) in [7, 11) is 1.54. The quantitative estimate of drug-likeness (QED) is 0.149. The Kier molecular flexibility index (Phi) is 10.5. The summed E-state index contributed by atoms with van der Waals surface area (Å²) < 4.78 is 31.0. The van der Waals surface area contributed by atoms with Crippen LogP contribution in [-0.4, -0.2) is 53.2 Å². The second kappa shape index (κ2) is 15.0. The molecular weight excluding hydrogens is 647 g/mol. The minimum absolute atomic E-state index is 0.0325. The number of halogens is 2. The Labute approximate surface area is 290 Å². The van der Waals surface area contributed by atoms with Crippen molar-refractivity contribution in [2.24, 2.45) is 0 Å². The van der Waals surface area contributed by atoms with E-state index in [4.69, 9.17) is 30.8 Å². The van der Waals surface area contributed by atoms with Gasteiger partial charge in [-0.2, -0.15) is 0 Å². The fourth-order valence-corrected chi connectivity index (χ4v) is 6.19. The molecule has 2 heterocycles. The lowest BCUT2D eigenvalue weighted by atomic mass is 9.85. The number of pyridine rings is 1. The van der Waals surface area contributed by atoms with E-state index in [0.29, 0.717) is 59.9 Å². The number of likely N-dealkylation sites (tertiary alicyclic amines) is 1. The number of carbonyl (C=O) groups excluding carboxylic acids is 2. The minimum Gasteiger partial charge on any atom is -0.493 e. The maximum Gasteiger partial charge on any atom is 0.410 e. The van der Waals surface area contributed by atoms with Crippen molar-refractivity contribution in [1.29, 1.82) is 0 Å². The third kappa shape index (κ3) is 8.58. The maximum absolute atomic E-state index is 14.1. The van der Waals surface area contributed by atoms with Gasteiger partial charge in [-0.15, -0.1) is 0 Å². The molecule has 49 heavy (non-hydrogen) atoms. The second-order valence-electron chi connectivity index (χ2n) is 13.0. The molecule has 1 aliphatic heterocycles. The third-order valence-corrected chi connectivity index (χ3v) is 9.48. The number of hydrogen-bond acceptors (Lipinski definition) is 7. The van der Waals surface area contributed by atoms with Gasteiger partial charge in [-0.05, 0) is 105 Å². The van der Waals surface area contributed by atoms with Gasteiger partial charge < -0.3 is 24.2 Å². The van der Waals surface area contributed by atoms with Crippen LogP contribution in [0, 0.1) is 5.82 Å². The number of aromatic nitrogens is 1. The molecule has 1 unspecified atom stereocenters. The normalized spacial score (nSPS) is 16.1. The number of ketones is 1. The lowest BCUT2D eigenvalue weighted by Gasteiger charge is -2.32. The van der Waals surface area contributed by atoms with Crippen LogP contribution in [-0.2, 0) is 16.9 Å². The summed E-state index contributed by atoms with van der Waals surface area (Å²) in [4.78, 5) is 32.6. The third-order valence-electron chi connectivity index (χ3n) is 9.19. The predicted octanol–water partition coefficient (Wildman–Crippen LogP) is 8.48. The van der Waals surface area contributed by atoms with Gasteiger partial charge in [0.05, 0.1) is 29.6 Å². The van der Waals surface area contributed by atoms with Crippen molar-refractivity contribution in [2.45, 2.75) is 69.7 Å². The predicted molar refractivity (Wildman–Crippen MR) is 185 cm³/mol. The zero-order chi connectivity index (χ0) is 34.5. The number of piperidine rings is 1. The molecule has 6 rings (SSSR count). The first-order valence-electron chi connectivity index (χ1n) is 16.6. The number of amides is 1. The molecule has 1 atom stereocenters. The van der Waals surface area contributed by atoms with Crippen LogP contribution in [0.3, 0.4) is 0 Å². The number of aliphatic hydroxyl groups is 1. The van der Waals surface area contributed by atoms with Gasteiger partial charge in [-0.25, -0.2) is 14.2 Å². The molecule has 3 aromatic carbocycles. The lowest BCUT2D eigenvalue weighted by Crippen LogP contribution is -2.38. The fourth-order valence-electron chi connectivity index (χ4n) is 6.01. The first-order chi connectivity index (χ1) is 23.6. The molecule has 1 aliphatic carbocycles. The van der Waals surface area contributed by atoms with Crippen LogP contribution < -0.4 is 9.47 Å². The Morgan fingerprint density at radius 1 is 0.980 bits per heavy atom. The van der Waals surface area contributed by atoms with Gasteiger partial charge in [0, 0.05) is 30.6 Å². The van der Waals surface area contributed by atoms with E-state index in [9.17, 15) is 19.1 Å². The largest absolute Gasteiger partial charge is 0.493 e. The number of benzene rings is 3. The molecule has 1 amide bonds.